The first-order valence-electron chi connectivity index (χ1n) is 5.23. The minimum Gasteiger partial charge on any atom is -0.271 e. The highest BCUT2D eigenvalue weighted by atomic mass is 15.3. The molecule has 4 heteroatoms. The molecular formula is C12H16N4. The Morgan fingerprint density at radius 1 is 1.25 bits per heavy atom. The van der Waals surface area contributed by atoms with Crippen LogP contribution in [0.1, 0.15) is 22.9 Å². The van der Waals surface area contributed by atoms with Crippen molar-refractivity contribution >= 4 is 0 Å². The lowest BCUT2D eigenvalue weighted by Crippen LogP contribution is -2.30. The van der Waals surface area contributed by atoms with Crippen LogP contribution in [0.15, 0.2) is 36.5 Å². The fourth-order valence-corrected chi connectivity index (χ4v) is 1.78. The monoisotopic (exact) mass is 216 g/mol. The summed E-state index contributed by atoms with van der Waals surface area (Å²) >= 11 is 0. The van der Waals surface area contributed by atoms with Crippen LogP contribution in [-0.4, -0.2) is 9.78 Å². The Bertz CT molecular complexity index is 458. The van der Waals surface area contributed by atoms with Gasteiger partial charge < -0.3 is 0 Å². The predicted molar refractivity (Wildman–Crippen MR) is 63.6 cm³/mol. The first-order valence-corrected chi connectivity index (χ1v) is 5.23. The van der Waals surface area contributed by atoms with E-state index in [1.54, 1.807) is 6.20 Å². The number of aromatic nitrogens is 2. The van der Waals surface area contributed by atoms with E-state index in [4.69, 9.17) is 5.84 Å². The summed E-state index contributed by atoms with van der Waals surface area (Å²) in [6.07, 6.45) is 1.77. The molecule has 0 saturated heterocycles. The van der Waals surface area contributed by atoms with E-state index >= 15 is 0 Å². The average molecular weight is 216 g/mol. The molecule has 84 valence electrons. The maximum absolute atomic E-state index is 5.61. The van der Waals surface area contributed by atoms with Crippen molar-refractivity contribution in [3.63, 3.8) is 0 Å². The van der Waals surface area contributed by atoms with Gasteiger partial charge in [-0.3, -0.25) is 10.5 Å². The normalized spacial score (nSPS) is 12.7. The third-order valence-electron chi connectivity index (χ3n) is 2.73. The number of hydrogen-bond acceptors (Lipinski definition) is 3. The van der Waals surface area contributed by atoms with Crippen LogP contribution in [0.4, 0.5) is 0 Å². The summed E-state index contributed by atoms with van der Waals surface area (Å²) in [5.74, 6) is 5.61. The number of nitrogens with zero attached hydrogens (tertiary/aromatic N) is 2. The molecule has 0 aliphatic carbocycles. The summed E-state index contributed by atoms with van der Waals surface area (Å²) in [4.78, 5) is 0. The van der Waals surface area contributed by atoms with Gasteiger partial charge in [0, 0.05) is 13.2 Å². The molecular weight excluding hydrogens is 200 g/mol. The molecule has 0 aliphatic heterocycles. The number of rotatable bonds is 3. The fraction of sp³-hybridized carbons (Fsp3) is 0.250. The van der Waals surface area contributed by atoms with Crippen molar-refractivity contribution in [2.24, 2.45) is 12.9 Å². The van der Waals surface area contributed by atoms with Gasteiger partial charge in [0.25, 0.3) is 0 Å². The number of benzene rings is 1. The molecule has 3 N–H and O–H groups in total. The zero-order chi connectivity index (χ0) is 11.5. The van der Waals surface area contributed by atoms with Gasteiger partial charge in [0.05, 0.1) is 11.7 Å². The third-order valence-corrected chi connectivity index (χ3v) is 2.73. The van der Waals surface area contributed by atoms with Gasteiger partial charge in [-0.1, -0.05) is 29.8 Å². The quantitative estimate of drug-likeness (QED) is 0.600. The summed E-state index contributed by atoms with van der Waals surface area (Å²) in [7, 11) is 1.91. The standard InChI is InChI=1S/C12H16N4/c1-9-3-5-10(6-4-9)12(15-13)11-7-8-14-16(11)2/h3-8,12,15H,13H2,1-2H3. The van der Waals surface area contributed by atoms with Crippen molar-refractivity contribution in [3.05, 3.63) is 53.3 Å². The smallest absolute Gasteiger partial charge is 0.0878 e. The molecule has 0 amide bonds. The molecule has 2 rings (SSSR count). The molecule has 1 aromatic heterocycles. The molecule has 0 saturated carbocycles. The van der Waals surface area contributed by atoms with Crippen LogP contribution >= 0.6 is 0 Å². The Hall–Kier alpha value is -1.65. The maximum atomic E-state index is 5.61. The molecule has 1 atom stereocenters. The average Bonchev–Trinajstić information content (AvgIpc) is 2.69. The highest BCUT2D eigenvalue weighted by Crippen LogP contribution is 2.20. The Labute approximate surface area is 95.1 Å². The Kier molecular flexibility index (Phi) is 3.03. The molecule has 0 aliphatic rings. The van der Waals surface area contributed by atoms with Gasteiger partial charge in [-0.05, 0) is 18.6 Å². The van der Waals surface area contributed by atoms with Crippen LogP contribution in [0, 0.1) is 6.92 Å². The second-order valence-corrected chi connectivity index (χ2v) is 3.89. The van der Waals surface area contributed by atoms with Gasteiger partial charge in [0.1, 0.15) is 0 Å². The molecule has 0 radical (unpaired) electrons. The topological polar surface area (TPSA) is 55.9 Å². The summed E-state index contributed by atoms with van der Waals surface area (Å²) in [5.41, 5.74) is 6.24. The van der Waals surface area contributed by atoms with Crippen LogP contribution < -0.4 is 11.3 Å². The molecule has 1 unspecified atom stereocenters. The minimum absolute atomic E-state index is 0.0203. The van der Waals surface area contributed by atoms with Crippen LogP contribution in [0.3, 0.4) is 0 Å². The summed E-state index contributed by atoms with van der Waals surface area (Å²) in [5, 5.41) is 4.15. The highest BCUT2D eigenvalue weighted by Gasteiger charge is 2.14. The first-order chi connectivity index (χ1) is 7.72. The molecule has 0 bridgehead atoms. The van der Waals surface area contributed by atoms with Crippen molar-refractivity contribution in [3.8, 4) is 0 Å². The number of aryl methyl sites for hydroxylation is 2. The highest BCUT2D eigenvalue weighted by molar-refractivity contribution is 5.29. The van der Waals surface area contributed by atoms with Crippen molar-refractivity contribution < 1.29 is 0 Å². The first kappa shape index (κ1) is 10.9. The molecule has 16 heavy (non-hydrogen) atoms. The zero-order valence-electron chi connectivity index (χ0n) is 9.51. The molecule has 2 aromatic rings. The third kappa shape index (κ3) is 1.98. The van der Waals surface area contributed by atoms with E-state index in [9.17, 15) is 0 Å². The predicted octanol–water partition coefficient (Wildman–Crippen LogP) is 1.28. The van der Waals surface area contributed by atoms with Gasteiger partial charge in [0.2, 0.25) is 0 Å². The second kappa shape index (κ2) is 4.47. The van der Waals surface area contributed by atoms with Crippen molar-refractivity contribution in [1.82, 2.24) is 15.2 Å². The molecule has 0 spiro atoms. The molecule has 0 fully saturated rings. The number of hydrazine groups is 1. The minimum atomic E-state index is -0.0203. The summed E-state index contributed by atoms with van der Waals surface area (Å²) in [6.45, 7) is 2.07. The summed E-state index contributed by atoms with van der Waals surface area (Å²) < 4.78 is 1.82. The fourth-order valence-electron chi connectivity index (χ4n) is 1.78. The van der Waals surface area contributed by atoms with Crippen molar-refractivity contribution in [2.45, 2.75) is 13.0 Å². The molecule has 1 heterocycles. The molecule has 4 nitrogen and oxygen atoms in total. The van der Waals surface area contributed by atoms with E-state index in [0.717, 1.165) is 11.3 Å². The van der Waals surface area contributed by atoms with Gasteiger partial charge in [-0.25, -0.2) is 5.43 Å². The Balaban J connectivity index is 2.37. The zero-order valence-corrected chi connectivity index (χ0v) is 9.51. The number of nitrogens with one attached hydrogen (secondary N) is 1. The van der Waals surface area contributed by atoms with E-state index in [-0.39, 0.29) is 6.04 Å². The summed E-state index contributed by atoms with van der Waals surface area (Å²) in [6, 6.07) is 10.3. The SMILES string of the molecule is Cc1ccc(C(NN)c2ccnn2C)cc1. The van der Waals surface area contributed by atoms with Crippen molar-refractivity contribution in [2.75, 3.05) is 0 Å². The van der Waals surface area contributed by atoms with Crippen LogP contribution in [0.25, 0.3) is 0 Å². The second-order valence-electron chi connectivity index (χ2n) is 3.89. The van der Waals surface area contributed by atoms with Gasteiger partial charge in [-0.2, -0.15) is 5.10 Å². The van der Waals surface area contributed by atoms with Crippen LogP contribution in [-0.2, 0) is 7.05 Å². The molecule has 1 aromatic carbocycles. The van der Waals surface area contributed by atoms with Gasteiger partial charge in [0.15, 0.2) is 0 Å². The van der Waals surface area contributed by atoms with Crippen LogP contribution in [0.5, 0.6) is 0 Å². The Morgan fingerprint density at radius 2 is 1.94 bits per heavy atom. The number of hydrogen-bond donors (Lipinski definition) is 2. The largest absolute Gasteiger partial charge is 0.271 e. The lowest BCUT2D eigenvalue weighted by Gasteiger charge is -2.16. The van der Waals surface area contributed by atoms with Gasteiger partial charge >= 0.3 is 0 Å². The lowest BCUT2D eigenvalue weighted by atomic mass is 10.0. The van der Waals surface area contributed by atoms with E-state index in [0.29, 0.717) is 0 Å². The van der Waals surface area contributed by atoms with E-state index in [2.05, 4.69) is 41.7 Å². The van der Waals surface area contributed by atoms with Crippen molar-refractivity contribution in [1.29, 1.82) is 0 Å². The van der Waals surface area contributed by atoms with E-state index in [1.807, 2.05) is 17.8 Å². The van der Waals surface area contributed by atoms with Gasteiger partial charge in [-0.15, -0.1) is 0 Å². The van der Waals surface area contributed by atoms with E-state index < -0.39 is 0 Å². The maximum Gasteiger partial charge on any atom is 0.0878 e. The Morgan fingerprint density at radius 3 is 2.44 bits per heavy atom. The van der Waals surface area contributed by atoms with E-state index in [1.165, 1.54) is 5.56 Å². The number of nitrogens with two attached hydrogens (primary N) is 1. The lowest BCUT2D eigenvalue weighted by molar-refractivity contribution is 0.575. The van der Waals surface area contributed by atoms with Crippen LogP contribution in [0.2, 0.25) is 0 Å².